The molecule has 1 aromatic heterocycles. The van der Waals surface area contributed by atoms with E-state index >= 15 is 0 Å². The first kappa shape index (κ1) is 17.0. The lowest BCUT2D eigenvalue weighted by molar-refractivity contribution is -0.115. The largest absolute Gasteiger partial charge is 0.508 e. The number of aromatic hydroxyl groups is 1. The van der Waals surface area contributed by atoms with E-state index in [-0.39, 0.29) is 17.2 Å². The van der Waals surface area contributed by atoms with Crippen LogP contribution >= 0.6 is 11.8 Å². The summed E-state index contributed by atoms with van der Waals surface area (Å²) in [6, 6.07) is 13.3. The normalized spacial score (nSPS) is 12.0. The second kappa shape index (κ2) is 7.40. The minimum absolute atomic E-state index is 0.136. The number of nitrogens with zero attached hydrogens (tertiary/aromatic N) is 1. The number of carbonyl (C=O) groups is 1. The van der Waals surface area contributed by atoms with Crippen molar-refractivity contribution in [2.24, 2.45) is 0 Å². The molecular weight excluding hydrogens is 338 g/mol. The molecule has 3 aromatic rings. The number of anilines is 1. The maximum atomic E-state index is 12.5. The summed E-state index contributed by atoms with van der Waals surface area (Å²) in [4.78, 5) is 31.7. The molecule has 0 aliphatic heterocycles. The number of aromatic nitrogens is 2. The highest BCUT2D eigenvalue weighted by atomic mass is 32.2. The van der Waals surface area contributed by atoms with Crippen LogP contribution in [0.1, 0.15) is 13.3 Å². The van der Waals surface area contributed by atoms with Gasteiger partial charge in [-0.3, -0.25) is 9.59 Å². The molecule has 7 heteroatoms. The zero-order valence-corrected chi connectivity index (χ0v) is 14.3. The Kier molecular flexibility index (Phi) is 5.04. The van der Waals surface area contributed by atoms with Crippen LogP contribution in [0.4, 0.5) is 5.69 Å². The third-order valence-corrected chi connectivity index (χ3v) is 4.89. The fourth-order valence-corrected chi connectivity index (χ4v) is 3.25. The summed E-state index contributed by atoms with van der Waals surface area (Å²) in [5.74, 6) is -0.0497. The maximum absolute atomic E-state index is 12.5. The van der Waals surface area contributed by atoms with Crippen molar-refractivity contribution < 1.29 is 9.90 Å². The lowest BCUT2D eigenvalue weighted by atomic mass is 10.2. The van der Waals surface area contributed by atoms with Gasteiger partial charge in [-0.15, -0.1) is 0 Å². The first-order valence-corrected chi connectivity index (χ1v) is 8.70. The highest BCUT2D eigenvalue weighted by Crippen LogP contribution is 2.24. The molecular formula is C18H17N3O3S. The van der Waals surface area contributed by atoms with Gasteiger partial charge in [0.25, 0.3) is 5.56 Å². The van der Waals surface area contributed by atoms with Gasteiger partial charge < -0.3 is 15.4 Å². The van der Waals surface area contributed by atoms with Gasteiger partial charge in [0.2, 0.25) is 5.91 Å². The molecule has 3 rings (SSSR count). The first-order chi connectivity index (χ1) is 12.1. The molecule has 0 saturated heterocycles. The highest BCUT2D eigenvalue weighted by Gasteiger charge is 2.20. The number of hydrogen-bond acceptors (Lipinski definition) is 5. The molecule has 0 aliphatic carbocycles. The summed E-state index contributed by atoms with van der Waals surface area (Å²) < 4.78 is 0. The Morgan fingerprint density at radius 1 is 1.24 bits per heavy atom. The third kappa shape index (κ3) is 4.00. The standard InChI is InChI=1S/C18H17N3O3S/c1-2-15(17(24)19-11-7-9-12(22)10-8-11)25-18-20-14-6-4-3-5-13(14)16(23)21-18/h3-10,15,22H,2H2,1H3,(H,19,24)(H,20,21,23). The lowest BCUT2D eigenvalue weighted by Crippen LogP contribution is -2.25. The zero-order chi connectivity index (χ0) is 17.8. The summed E-state index contributed by atoms with van der Waals surface area (Å²) in [5, 5.41) is 12.6. The van der Waals surface area contributed by atoms with E-state index in [1.54, 1.807) is 30.3 Å². The number of phenols is 1. The van der Waals surface area contributed by atoms with Crippen molar-refractivity contribution in [2.75, 3.05) is 5.32 Å². The number of rotatable bonds is 5. The molecule has 25 heavy (non-hydrogen) atoms. The Morgan fingerprint density at radius 3 is 2.68 bits per heavy atom. The summed E-state index contributed by atoms with van der Waals surface area (Å²) in [5.41, 5.74) is 0.978. The van der Waals surface area contributed by atoms with Crippen molar-refractivity contribution in [3.8, 4) is 5.75 Å². The van der Waals surface area contributed by atoms with Crippen LogP contribution in [0.2, 0.25) is 0 Å². The van der Waals surface area contributed by atoms with E-state index in [0.29, 0.717) is 28.2 Å². The predicted molar refractivity (Wildman–Crippen MR) is 99.0 cm³/mol. The molecule has 6 nitrogen and oxygen atoms in total. The first-order valence-electron chi connectivity index (χ1n) is 7.82. The van der Waals surface area contributed by atoms with Gasteiger partial charge in [-0.25, -0.2) is 4.98 Å². The van der Waals surface area contributed by atoms with Crippen LogP contribution in [-0.2, 0) is 4.79 Å². The Bertz CT molecular complexity index is 954. The fraction of sp³-hybridized carbons (Fsp3) is 0.167. The number of para-hydroxylation sites is 1. The number of amides is 1. The highest BCUT2D eigenvalue weighted by molar-refractivity contribution is 8.00. The van der Waals surface area contributed by atoms with Crippen molar-refractivity contribution in [1.82, 2.24) is 9.97 Å². The van der Waals surface area contributed by atoms with Crippen LogP contribution in [-0.4, -0.2) is 26.2 Å². The molecule has 0 bridgehead atoms. The van der Waals surface area contributed by atoms with Crippen molar-refractivity contribution in [1.29, 1.82) is 0 Å². The van der Waals surface area contributed by atoms with Crippen LogP contribution in [0.25, 0.3) is 10.9 Å². The van der Waals surface area contributed by atoms with Gasteiger partial charge in [0.05, 0.1) is 16.2 Å². The molecule has 1 amide bonds. The van der Waals surface area contributed by atoms with E-state index in [0.717, 1.165) is 0 Å². The van der Waals surface area contributed by atoms with E-state index in [9.17, 15) is 14.7 Å². The smallest absolute Gasteiger partial charge is 0.259 e. The molecule has 1 atom stereocenters. The van der Waals surface area contributed by atoms with Gasteiger partial charge in [-0.05, 0) is 42.8 Å². The van der Waals surface area contributed by atoms with Gasteiger partial charge >= 0.3 is 0 Å². The predicted octanol–water partition coefficient (Wildman–Crippen LogP) is 3.14. The molecule has 0 aliphatic rings. The number of H-pyrrole nitrogens is 1. The Labute approximate surface area is 148 Å². The number of fused-ring (bicyclic) bond motifs is 1. The molecule has 128 valence electrons. The Balaban J connectivity index is 1.78. The van der Waals surface area contributed by atoms with Crippen LogP contribution in [0.3, 0.4) is 0 Å². The summed E-state index contributed by atoms with van der Waals surface area (Å²) in [7, 11) is 0. The molecule has 0 fully saturated rings. The number of aromatic amines is 1. The van der Waals surface area contributed by atoms with E-state index in [4.69, 9.17) is 0 Å². The summed E-state index contributed by atoms with van der Waals surface area (Å²) in [6.07, 6.45) is 0.575. The van der Waals surface area contributed by atoms with Gasteiger partial charge in [-0.2, -0.15) is 0 Å². The molecule has 1 heterocycles. The lowest BCUT2D eigenvalue weighted by Gasteiger charge is -2.14. The average molecular weight is 355 g/mol. The molecule has 1 unspecified atom stereocenters. The fourth-order valence-electron chi connectivity index (χ4n) is 2.35. The van der Waals surface area contributed by atoms with Gasteiger partial charge in [0.15, 0.2) is 5.16 Å². The van der Waals surface area contributed by atoms with Gasteiger partial charge in [0, 0.05) is 5.69 Å². The molecule has 0 radical (unpaired) electrons. The second-order valence-electron chi connectivity index (χ2n) is 5.44. The molecule has 0 spiro atoms. The summed E-state index contributed by atoms with van der Waals surface area (Å²) >= 11 is 1.22. The van der Waals surface area contributed by atoms with Gasteiger partial charge in [-0.1, -0.05) is 30.8 Å². The molecule has 3 N–H and O–H groups in total. The average Bonchev–Trinajstić information content (AvgIpc) is 2.61. The van der Waals surface area contributed by atoms with Crippen molar-refractivity contribution in [3.63, 3.8) is 0 Å². The Morgan fingerprint density at radius 2 is 1.96 bits per heavy atom. The van der Waals surface area contributed by atoms with Crippen LogP contribution < -0.4 is 10.9 Å². The maximum Gasteiger partial charge on any atom is 0.259 e. The minimum Gasteiger partial charge on any atom is -0.508 e. The molecule has 2 aromatic carbocycles. The summed E-state index contributed by atoms with van der Waals surface area (Å²) in [6.45, 7) is 1.90. The van der Waals surface area contributed by atoms with E-state index in [2.05, 4.69) is 15.3 Å². The monoisotopic (exact) mass is 355 g/mol. The van der Waals surface area contributed by atoms with Crippen LogP contribution in [0.15, 0.2) is 58.5 Å². The van der Waals surface area contributed by atoms with Crippen LogP contribution in [0, 0.1) is 0 Å². The van der Waals surface area contributed by atoms with E-state index < -0.39 is 5.25 Å². The number of benzene rings is 2. The number of nitrogens with one attached hydrogen (secondary N) is 2. The number of phenolic OH excluding ortho intramolecular Hbond substituents is 1. The van der Waals surface area contributed by atoms with Crippen molar-refractivity contribution in [2.45, 2.75) is 23.8 Å². The number of thioether (sulfide) groups is 1. The molecule has 0 saturated carbocycles. The van der Waals surface area contributed by atoms with Crippen molar-refractivity contribution in [3.05, 3.63) is 58.9 Å². The quantitative estimate of drug-likeness (QED) is 0.371. The Hall–Kier alpha value is -2.80. The third-order valence-electron chi connectivity index (χ3n) is 3.64. The SMILES string of the molecule is CCC(Sc1nc2ccccc2c(=O)[nH]1)C(=O)Nc1ccc(O)cc1. The van der Waals surface area contributed by atoms with Crippen LogP contribution in [0.5, 0.6) is 5.75 Å². The van der Waals surface area contributed by atoms with Crippen molar-refractivity contribution >= 4 is 34.3 Å². The van der Waals surface area contributed by atoms with E-state index in [1.807, 2.05) is 13.0 Å². The van der Waals surface area contributed by atoms with Gasteiger partial charge in [0.1, 0.15) is 5.75 Å². The second-order valence-corrected chi connectivity index (χ2v) is 6.63. The van der Waals surface area contributed by atoms with E-state index in [1.165, 1.54) is 23.9 Å². The number of carbonyl (C=O) groups excluding carboxylic acids is 1. The number of hydrogen-bond donors (Lipinski definition) is 3. The zero-order valence-electron chi connectivity index (χ0n) is 13.5. The minimum atomic E-state index is -0.405. The topological polar surface area (TPSA) is 95.1 Å².